The van der Waals surface area contributed by atoms with Crippen molar-refractivity contribution in [3.8, 4) is 10.4 Å². The summed E-state index contributed by atoms with van der Waals surface area (Å²) >= 11 is 1.52. The molecule has 3 rings (SSSR count). The van der Waals surface area contributed by atoms with Gasteiger partial charge in [0, 0.05) is 10.6 Å². The van der Waals surface area contributed by atoms with Gasteiger partial charge in [-0.25, -0.2) is 0 Å². The van der Waals surface area contributed by atoms with Crippen LogP contribution < -0.4 is 5.32 Å². The zero-order chi connectivity index (χ0) is 17.8. The second kappa shape index (κ2) is 7.66. The molecule has 3 heteroatoms. The van der Waals surface area contributed by atoms with Crippen LogP contribution in [-0.2, 0) is 6.42 Å². The minimum Gasteiger partial charge on any atom is -0.321 e. The molecule has 0 aliphatic rings. The van der Waals surface area contributed by atoms with Gasteiger partial charge in [-0.05, 0) is 54.7 Å². The fraction of sp³-hybridized carbons (Fsp3) is 0.227. The predicted molar refractivity (Wildman–Crippen MR) is 107 cm³/mol. The van der Waals surface area contributed by atoms with E-state index in [1.54, 1.807) is 0 Å². The zero-order valence-corrected chi connectivity index (χ0v) is 15.7. The van der Waals surface area contributed by atoms with Gasteiger partial charge in [-0.1, -0.05) is 55.8 Å². The first kappa shape index (κ1) is 17.4. The Kier molecular flexibility index (Phi) is 5.34. The standard InChI is InChI=1S/C22H23NOS/c1-15(2)14-17-6-8-18(9-7-17)20-12-13-21(25-20)22(24)23-19-10-4-16(3)5-11-19/h4-13,15H,14H2,1-3H3,(H,23,24). The third kappa shape index (κ3) is 4.58. The van der Waals surface area contributed by atoms with Gasteiger partial charge in [-0.2, -0.15) is 0 Å². The van der Waals surface area contributed by atoms with E-state index in [0.29, 0.717) is 5.92 Å². The molecule has 0 unspecified atom stereocenters. The van der Waals surface area contributed by atoms with E-state index in [1.807, 2.05) is 43.3 Å². The maximum atomic E-state index is 12.4. The molecule has 1 N–H and O–H groups in total. The Morgan fingerprint density at radius 2 is 1.64 bits per heavy atom. The average molecular weight is 349 g/mol. The second-order valence-electron chi connectivity index (χ2n) is 6.78. The number of rotatable bonds is 5. The molecule has 0 bridgehead atoms. The van der Waals surface area contributed by atoms with Crippen LogP contribution in [0.25, 0.3) is 10.4 Å². The first-order chi connectivity index (χ1) is 12.0. The SMILES string of the molecule is Cc1ccc(NC(=O)c2ccc(-c3ccc(CC(C)C)cc3)s2)cc1. The molecule has 0 saturated carbocycles. The predicted octanol–water partition coefficient (Wildman–Crippen LogP) is 6.17. The van der Waals surface area contributed by atoms with Crippen LogP contribution in [0.3, 0.4) is 0 Å². The number of thiophene rings is 1. The van der Waals surface area contributed by atoms with Gasteiger partial charge in [0.05, 0.1) is 4.88 Å². The van der Waals surface area contributed by atoms with E-state index in [-0.39, 0.29) is 5.91 Å². The number of hydrogen-bond acceptors (Lipinski definition) is 2. The lowest BCUT2D eigenvalue weighted by Crippen LogP contribution is -2.09. The smallest absolute Gasteiger partial charge is 0.265 e. The van der Waals surface area contributed by atoms with Crippen molar-refractivity contribution in [1.82, 2.24) is 0 Å². The molecular formula is C22H23NOS. The molecule has 0 atom stereocenters. The highest BCUT2D eigenvalue weighted by Crippen LogP contribution is 2.29. The molecule has 0 saturated heterocycles. The third-order valence-corrected chi connectivity index (χ3v) is 5.15. The quantitative estimate of drug-likeness (QED) is 0.586. The summed E-state index contributed by atoms with van der Waals surface area (Å²) in [6, 6.07) is 20.4. The maximum Gasteiger partial charge on any atom is 0.265 e. The molecule has 25 heavy (non-hydrogen) atoms. The lowest BCUT2D eigenvalue weighted by molar-refractivity contribution is 0.103. The minimum absolute atomic E-state index is 0.0588. The molecule has 1 amide bonds. The molecule has 1 heterocycles. The van der Waals surface area contributed by atoms with Crippen molar-refractivity contribution in [2.75, 3.05) is 5.32 Å². The van der Waals surface area contributed by atoms with Gasteiger partial charge in [-0.15, -0.1) is 11.3 Å². The fourth-order valence-corrected chi connectivity index (χ4v) is 3.63. The summed E-state index contributed by atoms with van der Waals surface area (Å²) < 4.78 is 0. The Bertz CT molecular complexity index is 844. The number of aryl methyl sites for hydroxylation is 1. The molecule has 0 radical (unpaired) electrons. The number of amides is 1. The van der Waals surface area contributed by atoms with Crippen molar-refractivity contribution in [3.05, 3.63) is 76.7 Å². The summed E-state index contributed by atoms with van der Waals surface area (Å²) in [5, 5.41) is 2.95. The van der Waals surface area contributed by atoms with Crippen LogP contribution >= 0.6 is 11.3 Å². The van der Waals surface area contributed by atoms with Crippen LogP contribution in [0.5, 0.6) is 0 Å². The molecule has 3 aromatic rings. The highest BCUT2D eigenvalue weighted by molar-refractivity contribution is 7.17. The van der Waals surface area contributed by atoms with Gasteiger partial charge in [-0.3, -0.25) is 4.79 Å². The van der Waals surface area contributed by atoms with Crippen LogP contribution in [0.2, 0.25) is 0 Å². The lowest BCUT2D eigenvalue weighted by atomic mass is 10.0. The first-order valence-electron chi connectivity index (χ1n) is 8.58. The van der Waals surface area contributed by atoms with Crippen molar-refractivity contribution in [3.63, 3.8) is 0 Å². The topological polar surface area (TPSA) is 29.1 Å². The van der Waals surface area contributed by atoms with Crippen molar-refractivity contribution in [2.45, 2.75) is 27.2 Å². The van der Waals surface area contributed by atoms with Crippen molar-refractivity contribution in [1.29, 1.82) is 0 Å². The van der Waals surface area contributed by atoms with Gasteiger partial charge < -0.3 is 5.32 Å². The van der Waals surface area contributed by atoms with Crippen LogP contribution in [0.1, 0.15) is 34.6 Å². The summed E-state index contributed by atoms with van der Waals surface area (Å²) in [6.45, 7) is 6.49. The molecular weight excluding hydrogens is 326 g/mol. The van der Waals surface area contributed by atoms with Gasteiger partial charge in [0.15, 0.2) is 0 Å². The molecule has 0 spiro atoms. The third-order valence-electron chi connectivity index (χ3n) is 4.02. The molecule has 128 valence electrons. The van der Waals surface area contributed by atoms with Crippen LogP contribution in [-0.4, -0.2) is 5.91 Å². The zero-order valence-electron chi connectivity index (χ0n) is 14.9. The number of hydrogen-bond donors (Lipinski definition) is 1. The molecule has 0 fully saturated rings. The Balaban J connectivity index is 1.71. The molecule has 0 aliphatic heterocycles. The van der Waals surface area contributed by atoms with E-state index in [2.05, 4.69) is 43.4 Å². The molecule has 0 aliphatic carbocycles. The Hall–Kier alpha value is -2.39. The Morgan fingerprint density at radius 3 is 2.28 bits per heavy atom. The maximum absolute atomic E-state index is 12.4. The molecule has 2 nitrogen and oxygen atoms in total. The van der Waals surface area contributed by atoms with Gasteiger partial charge in [0.25, 0.3) is 5.91 Å². The summed E-state index contributed by atoms with van der Waals surface area (Å²) in [5.74, 6) is 0.598. The summed E-state index contributed by atoms with van der Waals surface area (Å²) in [4.78, 5) is 14.3. The van der Waals surface area contributed by atoms with Crippen molar-refractivity contribution < 1.29 is 4.79 Å². The number of nitrogens with one attached hydrogen (secondary N) is 1. The van der Waals surface area contributed by atoms with E-state index >= 15 is 0 Å². The fourth-order valence-electron chi connectivity index (χ4n) is 2.72. The summed E-state index contributed by atoms with van der Waals surface area (Å²) in [6.07, 6.45) is 1.09. The van der Waals surface area contributed by atoms with E-state index in [4.69, 9.17) is 0 Å². The van der Waals surface area contributed by atoms with E-state index in [9.17, 15) is 4.79 Å². The summed E-state index contributed by atoms with van der Waals surface area (Å²) in [7, 11) is 0. The van der Waals surface area contributed by atoms with Gasteiger partial charge in [0.1, 0.15) is 0 Å². The van der Waals surface area contributed by atoms with Crippen LogP contribution in [0.15, 0.2) is 60.7 Å². The van der Waals surface area contributed by atoms with E-state index in [1.165, 1.54) is 22.5 Å². The van der Waals surface area contributed by atoms with Gasteiger partial charge in [0.2, 0.25) is 0 Å². The van der Waals surface area contributed by atoms with Gasteiger partial charge >= 0.3 is 0 Å². The second-order valence-corrected chi connectivity index (χ2v) is 7.86. The average Bonchev–Trinajstić information content (AvgIpc) is 3.07. The minimum atomic E-state index is -0.0588. The van der Waals surface area contributed by atoms with E-state index < -0.39 is 0 Å². The number of carbonyl (C=O) groups excluding carboxylic acids is 1. The first-order valence-corrected chi connectivity index (χ1v) is 9.40. The number of carbonyl (C=O) groups is 1. The Morgan fingerprint density at radius 1 is 0.960 bits per heavy atom. The van der Waals surface area contributed by atoms with E-state index in [0.717, 1.165) is 27.4 Å². The monoisotopic (exact) mass is 349 g/mol. The highest BCUT2D eigenvalue weighted by Gasteiger charge is 2.11. The molecule has 1 aromatic heterocycles. The molecule has 2 aromatic carbocycles. The largest absolute Gasteiger partial charge is 0.321 e. The number of benzene rings is 2. The van der Waals surface area contributed by atoms with Crippen molar-refractivity contribution in [2.24, 2.45) is 5.92 Å². The Labute approximate surface area is 153 Å². The van der Waals surface area contributed by atoms with Crippen LogP contribution in [0.4, 0.5) is 5.69 Å². The highest BCUT2D eigenvalue weighted by atomic mass is 32.1. The van der Waals surface area contributed by atoms with Crippen LogP contribution in [0, 0.1) is 12.8 Å². The number of anilines is 1. The lowest BCUT2D eigenvalue weighted by Gasteiger charge is -2.05. The normalized spacial score (nSPS) is 10.9. The summed E-state index contributed by atoms with van der Waals surface area (Å²) in [5.41, 5.74) is 4.51. The van der Waals surface area contributed by atoms with Crippen molar-refractivity contribution >= 4 is 22.9 Å².